The molecule has 0 spiro atoms. The number of hydrogen-bond donors (Lipinski definition) is 1. The third kappa shape index (κ3) is 0.791. The molecule has 1 N–H and O–H groups in total. The number of esters is 1. The number of carbonyl (C=O) groups is 2. The fourth-order valence-corrected chi connectivity index (χ4v) is 3.46. The molecule has 0 amide bonds. The molecule has 3 fully saturated rings. The predicted octanol–water partition coefficient (Wildman–Crippen LogP) is -0.227. The first kappa shape index (κ1) is 8.67. The molecule has 0 radical (unpaired) electrons. The molecule has 0 aromatic carbocycles. The van der Waals surface area contributed by atoms with Crippen LogP contribution in [-0.4, -0.2) is 40.2 Å². The number of carboxylic acids is 1. The first-order valence-electron chi connectivity index (χ1n) is 4.34. The third-order valence-corrected chi connectivity index (χ3v) is 4.21. The number of alkyl halides is 1. The van der Waals surface area contributed by atoms with Crippen LogP contribution < -0.4 is 0 Å². The Morgan fingerprint density at radius 3 is 2.71 bits per heavy atom. The monoisotopic (exact) mass is 262 g/mol. The Bertz CT molecular complexity index is 330. The SMILES string of the molecule is O=C(O)[C@@H]1[C@H]2O[C@H]3[C@@H](OC(=O)[C@@H]31)[C@H]2Br. The van der Waals surface area contributed by atoms with Crippen molar-refractivity contribution in [2.24, 2.45) is 11.8 Å². The normalized spacial score (nSPS) is 53.6. The van der Waals surface area contributed by atoms with E-state index in [1.165, 1.54) is 0 Å². The Morgan fingerprint density at radius 2 is 2.07 bits per heavy atom. The van der Waals surface area contributed by atoms with E-state index < -0.39 is 29.9 Å². The summed E-state index contributed by atoms with van der Waals surface area (Å²) < 4.78 is 10.5. The summed E-state index contributed by atoms with van der Waals surface area (Å²) in [6.07, 6.45) is -1.09. The molecule has 3 heterocycles. The average molecular weight is 263 g/mol. The van der Waals surface area contributed by atoms with E-state index in [4.69, 9.17) is 14.6 Å². The molecule has 76 valence electrons. The van der Waals surface area contributed by atoms with Crippen molar-refractivity contribution in [2.75, 3.05) is 0 Å². The van der Waals surface area contributed by atoms with Gasteiger partial charge in [0.15, 0.2) is 0 Å². The second-order valence-corrected chi connectivity index (χ2v) is 4.86. The zero-order valence-electron chi connectivity index (χ0n) is 6.92. The van der Waals surface area contributed by atoms with Crippen molar-refractivity contribution in [2.45, 2.75) is 23.1 Å². The molecule has 3 rings (SSSR count). The van der Waals surface area contributed by atoms with Crippen molar-refractivity contribution in [3.63, 3.8) is 0 Å². The molecule has 0 unspecified atom stereocenters. The van der Waals surface area contributed by atoms with E-state index in [1.807, 2.05) is 0 Å². The second-order valence-electron chi connectivity index (χ2n) is 3.80. The molecule has 2 bridgehead atoms. The highest BCUT2D eigenvalue weighted by Gasteiger charge is 2.69. The van der Waals surface area contributed by atoms with E-state index in [-0.39, 0.29) is 17.0 Å². The number of fused-ring (bicyclic) bond motifs is 1. The zero-order valence-corrected chi connectivity index (χ0v) is 8.51. The first-order chi connectivity index (χ1) is 6.61. The van der Waals surface area contributed by atoms with Crippen LogP contribution in [0.1, 0.15) is 0 Å². The van der Waals surface area contributed by atoms with Gasteiger partial charge in [-0.3, -0.25) is 9.59 Å². The predicted molar refractivity (Wildman–Crippen MR) is 45.9 cm³/mol. The minimum Gasteiger partial charge on any atom is -0.481 e. The van der Waals surface area contributed by atoms with Gasteiger partial charge in [0, 0.05) is 0 Å². The third-order valence-electron chi connectivity index (χ3n) is 3.17. The molecule has 0 aromatic heterocycles. The largest absolute Gasteiger partial charge is 0.481 e. The van der Waals surface area contributed by atoms with Gasteiger partial charge in [-0.05, 0) is 0 Å². The molecule has 5 nitrogen and oxygen atoms in total. The number of ether oxygens (including phenoxy) is 2. The highest BCUT2D eigenvalue weighted by Crippen LogP contribution is 2.52. The van der Waals surface area contributed by atoms with Crippen LogP contribution in [0.3, 0.4) is 0 Å². The van der Waals surface area contributed by atoms with E-state index in [2.05, 4.69) is 15.9 Å². The lowest BCUT2D eigenvalue weighted by atomic mass is 9.80. The first-order valence-corrected chi connectivity index (χ1v) is 5.25. The second kappa shape index (κ2) is 2.49. The molecular weight excluding hydrogens is 256 g/mol. The average Bonchev–Trinajstić information content (AvgIpc) is 2.67. The van der Waals surface area contributed by atoms with Crippen molar-refractivity contribution in [1.29, 1.82) is 0 Å². The topological polar surface area (TPSA) is 72.8 Å². The van der Waals surface area contributed by atoms with Gasteiger partial charge >= 0.3 is 11.9 Å². The van der Waals surface area contributed by atoms with Crippen LogP contribution in [0.25, 0.3) is 0 Å². The maximum atomic E-state index is 11.4. The van der Waals surface area contributed by atoms with Gasteiger partial charge in [0.1, 0.15) is 24.0 Å². The Balaban J connectivity index is 2.04. The summed E-state index contributed by atoms with van der Waals surface area (Å²) in [5, 5.41) is 8.98. The van der Waals surface area contributed by atoms with Crippen LogP contribution in [0.15, 0.2) is 0 Å². The Labute approximate surface area is 87.5 Å². The van der Waals surface area contributed by atoms with Gasteiger partial charge in [-0.2, -0.15) is 0 Å². The summed E-state index contributed by atoms with van der Waals surface area (Å²) in [4.78, 5) is 22.1. The van der Waals surface area contributed by atoms with Crippen LogP contribution in [0.4, 0.5) is 0 Å². The maximum absolute atomic E-state index is 11.4. The summed E-state index contributed by atoms with van der Waals surface area (Å²) in [7, 11) is 0. The smallest absolute Gasteiger partial charge is 0.313 e. The van der Waals surface area contributed by atoms with Gasteiger partial charge in [0.2, 0.25) is 0 Å². The molecule has 3 aliphatic rings. The van der Waals surface area contributed by atoms with Crippen molar-refractivity contribution >= 4 is 27.9 Å². The van der Waals surface area contributed by atoms with Gasteiger partial charge in [-0.1, -0.05) is 15.9 Å². The quantitative estimate of drug-likeness (QED) is 0.522. The fraction of sp³-hybridized carbons (Fsp3) is 0.750. The number of carboxylic acid groups (broad SMARTS) is 1. The van der Waals surface area contributed by atoms with Crippen LogP contribution in [0, 0.1) is 11.8 Å². The Kier molecular flexibility index (Phi) is 1.54. The van der Waals surface area contributed by atoms with Gasteiger partial charge in [0.05, 0.1) is 10.9 Å². The van der Waals surface area contributed by atoms with Crippen molar-refractivity contribution in [3.05, 3.63) is 0 Å². The van der Waals surface area contributed by atoms with E-state index in [0.29, 0.717) is 0 Å². The van der Waals surface area contributed by atoms with Crippen LogP contribution in [-0.2, 0) is 19.1 Å². The minimum atomic E-state index is -0.982. The zero-order chi connectivity index (χ0) is 10.0. The summed E-state index contributed by atoms with van der Waals surface area (Å²) in [5.41, 5.74) is 0. The van der Waals surface area contributed by atoms with Crippen LogP contribution in [0.5, 0.6) is 0 Å². The molecule has 0 aliphatic carbocycles. The summed E-state index contributed by atoms with van der Waals surface area (Å²) >= 11 is 3.32. The maximum Gasteiger partial charge on any atom is 0.313 e. The minimum absolute atomic E-state index is 0.184. The molecule has 0 saturated carbocycles. The number of rotatable bonds is 1. The van der Waals surface area contributed by atoms with E-state index >= 15 is 0 Å². The number of halogens is 1. The van der Waals surface area contributed by atoms with Crippen LogP contribution >= 0.6 is 15.9 Å². The Morgan fingerprint density at radius 1 is 1.36 bits per heavy atom. The molecular formula is C8H7BrO5. The fourth-order valence-electron chi connectivity index (χ4n) is 2.60. The summed E-state index contributed by atoms with van der Waals surface area (Å²) in [5.74, 6) is -2.77. The number of hydrogen-bond acceptors (Lipinski definition) is 4. The van der Waals surface area contributed by atoms with Gasteiger partial charge in [-0.25, -0.2) is 0 Å². The molecule has 3 aliphatic heterocycles. The van der Waals surface area contributed by atoms with Gasteiger partial charge in [-0.15, -0.1) is 0 Å². The summed E-state index contributed by atoms with van der Waals surface area (Å²) in [6, 6.07) is 0. The molecule has 14 heavy (non-hydrogen) atoms. The van der Waals surface area contributed by atoms with Gasteiger partial charge < -0.3 is 14.6 Å². The van der Waals surface area contributed by atoms with E-state index in [9.17, 15) is 9.59 Å². The molecule has 3 saturated heterocycles. The number of aliphatic carboxylic acids is 1. The van der Waals surface area contributed by atoms with E-state index in [1.54, 1.807) is 0 Å². The van der Waals surface area contributed by atoms with Crippen molar-refractivity contribution in [1.82, 2.24) is 0 Å². The standard InChI is InChI=1S/C8H7BrO5/c9-3-4-1(7(10)11)2-5(13-4)6(3)14-8(2)12/h1-6H,(H,10,11)/t1-,2+,3-,4+,5+,6-/m0/s1. The van der Waals surface area contributed by atoms with Crippen molar-refractivity contribution in [3.8, 4) is 0 Å². The molecule has 6 heteroatoms. The van der Waals surface area contributed by atoms with Crippen molar-refractivity contribution < 1.29 is 24.2 Å². The molecule has 6 atom stereocenters. The highest BCUT2D eigenvalue weighted by molar-refractivity contribution is 9.09. The highest BCUT2D eigenvalue weighted by atomic mass is 79.9. The number of carbonyl (C=O) groups excluding carboxylic acids is 1. The lowest BCUT2D eigenvalue weighted by molar-refractivity contribution is -0.151. The summed E-state index contributed by atoms with van der Waals surface area (Å²) in [6.45, 7) is 0. The Hall–Kier alpha value is -0.620. The van der Waals surface area contributed by atoms with Gasteiger partial charge in [0.25, 0.3) is 0 Å². The lowest BCUT2D eigenvalue weighted by Gasteiger charge is -2.21. The van der Waals surface area contributed by atoms with Crippen LogP contribution in [0.2, 0.25) is 0 Å². The lowest BCUT2D eigenvalue weighted by Crippen LogP contribution is -2.42. The van der Waals surface area contributed by atoms with E-state index in [0.717, 1.165) is 0 Å². The molecule has 0 aromatic rings.